The Morgan fingerprint density at radius 2 is 1.57 bits per heavy atom. The summed E-state index contributed by atoms with van der Waals surface area (Å²) in [6.45, 7) is 0. The van der Waals surface area contributed by atoms with Crippen molar-refractivity contribution >= 4 is 49.6 Å². The minimum atomic E-state index is -3.80. The Labute approximate surface area is 153 Å². The molecule has 0 aromatic heterocycles. The van der Waals surface area contributed by atoms with Gasteiger partial charge in [-0.2, -0.15) is 8.42 Å². The predicted molar refractivity (Wildman–Crippen MR) is 101 cm³/mol. The minimum Gasteiger partial charge on any atom is -0.379 e. The van der Waals surface area contributed by atoms with Gasteiger partial charge in [0.05, 0.1) is 4.58 Å². The van der Waals surface area contributed by atoms with Gasteiger partial charge in [0.1, 0.15) is 10.6 Å². The monoisotopic (exact) mass is 430 g/mol. The van der Waals surface area contributed by atoms with Crippen molar-refractivity contribution in [3.05, 3.63) is 58.6 Å². The van der Waals surface area contributed by atoms with Crippen LogP contribution in [0.5, 0.6) is 5.75 Å². The highest BCUT2D eigenvalue weighted by Gasteiger charge is 2.19. The number of rotatable bonds is 4. The van der Waals surface area contributed by atoms with Gasteiger partial charge in [0.25, 0.3) is 0 Å². The first-order chi connectivity index (χ1) is 11.0. The molecule has 0 saturated carbocycles. The number of benzene rings is 2. The summed E-state index contributed by atoms with van der Waals surface area (Å²) in [6.07, 6.45) is 1.25. The minimum absolute atomic E-state index is 0.142. The second kappa shape index (κ2) is 7.51. The molecule has 0 N–H and O–H groups in total. The molecule has 23 heavy (non-hydrogen) atoms. The molecule has 0 spiro atoms. The maximum absolute atomic E-state index is 12.3. The Hall–Kier alpha value is -0.630. The molecule has 2 aromatic carbocycles. The summed E-state index contributed by atoms with van der Waals surface area (Å²) in [7, 11) is -3.80. The summed E-state index contributed by atoms with van der Waals surface area (Å²) in [5.74, 6) is 2.68. The highest BCUT2D eigenvalue weighted by atomic mass is 79.9. The van der Waals surface area contributed by atoms with Gasteiger partial charge in [0.2, 0.25) is 0 Å². The van der Waals surface area contributed by atoms with Gasteiger partial charge in [0.15, 0.2) is 0 Å². The van der Waals surface area contributed by atoms with E-state index in [0.29, 0.717) is 10.3 Å². The van der Waals surface area contributed by atoms with Gasteiger partial charge in [-0.15, -0.1) is 23.5 Å². The second-order valence-electron chi connectivity index (χ2n) is 4.99. The zero-order valence-electron chi connectivity index (χ0n) is 12.1. The quantitative estimate of drug-likeness (QED) is 0.632. The summed E-state index contributed by atoms with van der Waals surface area (Å²) in [5.41, 5.74) is 1.20. The van der Waals surface area contributed by atoms with Gasteiger partial charge < -0.3 is 4.18 Å². The Bertz CT molecular complexity index is 752. The molecular formula is C16H15BrO3S3. The summed E-state index contributed by atoms with van der Waals surface area (Å²) in [6, 6.07) is 13.7. The van der Waals surface area contributed by atoms with Crippen molar-refractivity contribution in [2.45, 2.75) is 15.9 Å². The largest absolute Gasteiger partial charge is 0.379 e. The Morgan fingerprint density at radius 3 is 2.17 bits per heavy atom. The molecule has 7 heteroatoms. The molecule has 0 bridgehead atoms. The van der Waals surface area contributed by atoms with Crippen LogP contribution in [0.1, 0.15) is 16.6 Å². The Kier molecular flexibility index (Phi) is 5.61. The number of halogens is 1. The standard InChI is InChI=1S/C16H15BrO3S3/c17-13-4-8-15(9-5-13)23(18,19)20-14-6-2-12(3-7-14)16-21-10-1-11-22-16/h2-9,16H,1,10-11H2. The van der Waals surface area contributed by atoms with Crippen molar-refractivity contribution in [3.63, 3.8) is 0 Å². The molecule has 0 aliphatic carbocycles. The molecule has 0 unspecified atom stereocenters. The molecule has 1 saturated heterocycles. The maximum atomic E-state index is 12.3. The summed E-state index contributed by atoms with van der Waals surface area (Å²) in [5, 5.41) is 0. The molecule has 0 radical (unpaired) electrons. The fourth-order valence-corrected chi connectivity index (χ4v) is 6.23. The van der Waals surface area contributed by atoms with Crippen LogP contribution in [0.4, 0.5) is 0 Å². The first-order valence-corrected chi connectivity index (χ1v) is 11.4. The fraction of sp³-hybridized carbons (Fsp3) is 0.250. The van der Waals surface area contributed by atoms with E-state index in [2.05, 4.69) is 15.9 Å². The van der Waals surface area contributed by atoms with Crippen LogP contribution in [0.2, 0.25) is 0 Å². The topological polar surface area (TPSA) is 43.4 Å². The molecule has 1 fully saturated rings. The first-order valence-electron chi connectivity index (χ1n) is 7.08. The Morgan fingerprint density at radius 1 is 0.957 bits per heavy atom. The zero-order valence-corrected chi connectivity index (χ0v) is 16.2. The average Bonchev–Trinajstić information content (AvgIpc) is 2.56. The van der Waals surface area contributed by atoms with E-state index in [-0.39, 0.29) is 4.90 Å². The third-order valence-corrected chi connectivity index (χ3v) is 8.09. The van der Waals surface area contributed by atoms with Gasteiger partial charge in [-0.25, -0.2) is 0 Å². The lowest BCUT2D eigenvalue weighted by atomic mass is 10.2. The molecule has 0 amide bonds. The maximum Gasteiger partial charge on any atom is 0.339 e. The highest BCUT2D eigenvalue weighted by Crippen LogP contribution is 2.43. The van der Waals surface area contributed by atoms with Crippen LogP contribution in [0.25, 0.3) is 0 Å². The second-order valence-corrected chi connectivity index (χ2v) is 10.2. The van der Waals surface area contributed by atoms with E-state index in [0.717, 1.165) is 4.47 Å². The lowest BCUT2D eigenvalue weighted by Crippen LogP contribution is -2.09. The molecule has 0 atom stereocenters. The molecule has 3 rings (SSSR count). The summed E-state index contributed by atoms with van der Waals surface area (Å²) in [4.78, 5) is 0.142. The van der Waals surface area contributed by atoms with Crippen molar-refractivity contribution < 1.29 is 12.6 Å². The van der Waals surface area contributed by atoms with E-state index in [1.807, 2.05) is 35.7 Å². The van der Waals surface area contributed by atoms with Crippen molar-refractivity contribution in [1.82, 2.24) is 0 Å². The molecule has 3 nitrogen and oxygen atoms in total. The molecule has 1 heterocycles. The van der Waals surface area contributed by atoms with Crippen LogP contribution in [-0.2, 0) is 10.1 Å². The van der Waals surface area contributed by atoms with E-state index >= 15 is 0 Å². The van der Waals surface area contributed by atoms with E-state index in [1.165, 1.54) is 35.6 Å². The number of hydrogen-bond donors (Lipinski definition) is 0. The van der Waals surface area contributed by atoms with E-state index < -0.39 is 10.1 Å². The smallest absolute Gasteiger partial charge is 0.339 e. The van der Waals surface area contributed by atoms with E-state index in [4.69, 9.17) is 4.18 Å². The highest BCUT2D eigenvalue weighted by molar-refractivity contribution is 9.10. The number of thioether (sulfide) groups is 2. The van der Waals surface area contributed by atoms with Crippen LogP contribution in [-0.4, -0.2) is 19.9 Å². The third kappa shape index (κ3) is 4.47. The van der Waals surface area contributed by atoms with Crippen molar-refractivity contribution in [2.75, 3.05) is 11.5 Å². The predicted octanol–water partition coefficient (Wildman–Crippen LogP) is 5.09. The normalized spacial score (nSPS) is 16.2. The fourth-order valence-electron chi connectivity index (χ4n) is 2.14. The van der Waals surface area contributed by atoms with Gasteiger partial charge in [-0.05, 0) is 59.9 Å². The molecule has 1 aliphatic rings. The molecule has 2 aromatic rings. The zero-order chi connectivity index (χ0) is 16.3. The van der Waals surface area contributed by atoms with Crippen LogP contribution >= 0.6 is 39.5 Å². The molecular weight excluding hydrogens is 416 g/mol. The molecule has 122 valence electrons. The van der Waals surface area contributed by atoms with Crippen molar-refractivity contribution in [1.29, 1.82) is 0 Å². The van der Waals surface area contributed by atoms with Gasteiger partial charge >= 0.3 is 10.1 Å². The van der Waals surface area contributed by atoms with Crippen LogP contribution in [0.3, 0.4) is 0 Å². The van der Waals surface area contributed by atoms with E-state index in [9.17, 15) is 8.42 Å². The van der Waals surface area contributed by atoms with Crippen LogP contribution in [0.15, 0.2) is 57.9 Å². The van der Waals surface area contributed by atoms with Crippen LogP contribution in [0, 0.1) is 0 Å². The lowest BCUT2D eigenvalue weighted by Gasteiger charge is -2.21. The first kappa shape index (κ1) is 17.2. The van der Waals surface area contributed by atoms with Gasteiger partial charge in [-0.1, -0.05) is 28.1 Å². The van der Waals surface area contributed by atoms with E-state index in [1.54, 1.807) is 24.3 Å². The average molecular weight is 431 g/mol. The summed E-state index contributed by atoms with van der Waals surface area (Å²) < 4.78 is 31.0. The summed E-state index contributed by atoms with van der Waals surface area (Å²) >= 11 is 7.15. The number of hydrogen-bond acceptors (Lipinski definition) is 5. The van der Waals surface area contributed by atoms with Crippen molar-refractivity contribution in [2.24, 2.45) is 0 Å². The van der Waals surface area contributed by atoms with Gasteiger partial charge in [0, 0.05) is 4.47 Å². The van der Waals surface area contributed by atoms with Gasteiger partial charge in [-0.3, -0.25) is 0 Å². The van der Waals surface area contributed by atoms with Crippen molar-refractivity contribution in [3.8, 4) is 5.75 Å². The molecule has 1 aliphatic heterocycles. The SMILES string of the molecule is O=S(=O)(Oc1ccc(C2SCCCS2)cc1)c1ccc(Br)cc1. The lowest BCUT2D eigenvalue weighted by molar-refractivity contribution is 0.486. The van der Waals surface area contributed by atoms with Crippen LogP contribution < -0.4 is 4.18 Å². The third-order valence-electron chi connectivity index (χ3n) is 3.29. The Balaban J connectivity index is 1.73.